The third-order valence-corrected chi connectivity index (χ3v) is 10.8. The third kappa shape index (κ3) is 4.87. The minimum Gasteiger partial charge on any atom is -0.480 e. The first-order valence-corrected chi connectivity index (χ1v) is 13.0. The Morgan fingerprint density at radius 3 is 2.41 bits per heavy atom. The molecule has 0 bridgehead atoms. The average Bonchev–Trinajstić information content (AvgIpc) is 3.11. The molecule has 1 radical (unpaired) electrons. The maximum Gasteiger partial charge on any atom is 0.322 e. The van der Waals surface area contributed by atoms with Gasteiger partial charge in [0.1, 0.15) is 6.54 Å². The minimum atomic E-state index is -1.04. The van der Waals surface area contributed by atoms with Crippen LogP contribution in [0.2, 0.25) is 0 Å². The number of amides is 1. The van der Waals surface area contributed by atoms with Gasteiger partial charge in [0.15, 0.2) is 0 Å². The van der Waals surface area contributed by atoms with E-state index >= 15 is 0 Å². The zero-order valence-corrected chi connectivity index (χ0v) is 23.4. The van der Waals surface area contributed by atoms with Crippen LogP contribution in [0.1, 0.15) is 78.6 Å². The monoisotopic (exact) mass is 488 g/mol. The van der Waals surface area contributed by atoms with Crippen molar-refractivity contribution < 1.29 is 30.0 Å². The second kappa shape index (κ2) is 10.7. The molecule has 0 saturated heterocycles. The van der Waals surface area contributed by atoms with Gasteiger partial charge in [-0.05, 0) is 97.7 Å². The number of carboxylic acids is 1. The number of hydrogen-bond acceptors (Lipinski definition) is 5. The molecule has 0 heterocycles. The van der Waals surface area contributed by atoms with Crippen LogP contribution in [0, 0.1) is 46.3 Å². The molecule has 4 rings (SSSR count). The maximum atomic E-state index is 12.0. The Morgan fingerprint density at radius 2 is 1.74 bits per heavy atom. The molecule has 8 heteroatoms. The Hall–Kier alpha value is -0.180. The van der Waals surface area contributed by atoms with Crippen LogP contribution in [0.5, 0.6) is 0 Å². The van der Waals surface area contributed by atoms with Crippen molar-refractivity contribution in [3.8, 4) is 0 Å². The van der Waals surface area contributed by atoms with E-state index in [1.165, 1.54) is 0 Å². The van der Waals surface area contributed by atoms with Gasteiger partial charge in [0, 0.05) is 36.0 Å². The zero-order valence-electron chi connectivity index (χ0n) is 21.4. The van der Waals surface area contributed by atoms with Crippen molar-refractivity contribution in [2.45, 2.75) is 96.9 Å². The summed E-state index contributed by atoms with van der Waals surface area (Å²) in [5, 5.41) is 44.4. The van der Waals surface area contributed by atoms with E-state index in [0.717, 1.165) is 38.5 Å². The van der Waals surface area contributed by atoms with E-state index in [-0.39, 0.29) is 94.6 Å². The first-order chi connectivity index (χ1) is 15.5. The third-order valence-electron chi connectivity index (χ3n) is 10.8. The Labute approximate surface area is 225 Å². The van der Waals surface area contributed by atoms with Crippen LogP contribution < -0.4 is 5.32 Å². The van der Waals surface area contributed by atoms with Gasteiger partial charge < -0.3 is 25.7 Å². The molecule has 11 atom stereocenters. The summed E-state index contributed by atoms with van der Waals surface area (Å²) in [4.78, 5) is 22.7. The van der Waals surface area contributed by atoms with Crippen molar-refractivity contribution in [3.05, 3.63) is 0 Å². The summed E-state index contributed by atoms with van der Waals surface area (Å²) in [5.41, 5.74) is -0.214. The molecule has 0 aromatic carbocycles. The van der Waals surface area contributed by atoms with E-state index in [0.29, 0.717) is 25.2 Å². The Kier molecular flexibility index (Phi) is 8.91. The normalized spacial score (nSPS) is 46.3. The standard InChI is InChI=1S/C26H43NO6.Na/c1-14(4-7-22(31)27-13-23(32)33)17-5-6-18-24-19(12-21(30)26(17,18)3)25(2)9-8-16(28)10-15(25)11-20(24)29;/h14-21,24,28-30H,4-13H2,1-3H3,(H,27,31)(H,32,33);/t14-,15?,16-,17?,18?,19?,20-,21+,24?,25?,26?;/m1./s1. The molecule has 0 aliphatic heterocycles. The maximum absolute atomic E-state index is 12.0. The number of carbonyl (C=O) groups is 2. The first kappa shape index (κ1) is 28.4. The SMILES string of the molecule is C[C@H](CCC(=O)NCC(=O)O)C1CCC2C3C(C[C@H](O)C21C)C1(C)CC[C@@H](O)CC1C[C@H]3O.[Na]. The van der Waals surface area contributed by atoms with Gasteiger partial charge >= 0.3 is 5.97 Å². The number of aliphatic carboxylic acids is 1. The first-order valence-electron chi connectivity index (χ1n) is 13.0. The van der Waals surface area contributed by atoms with E-state index in [1.54, 1.807) is 0 Å². The molecule has 1 amide bonds. The summed E-state index contributed by atoms with van der Waals surface area (Å²) in [5.74, 6) is 0.265. The summed E-state index contributed by atoms with van der Waals surface area (Å²) >= 11 is 0. The molecule has 4 fully saturated rings. The molecule has 0 aromatic heterocycles. The molecular formula is C26H43NNaO6. The topological polar surface area (TPSA) is 127 Å². The number of aliphatic hydroxyl groups is 3. The molecule has 4 aliphatic carbocycles. The summed E-state index contributed by atoms with van der Waals surface area (Å²) in [6.45, 7) is 6.35. The van der Waals surface area contributed by atoms with Gasteiger partial charge in [-0.2, -0.15) is 0 Å². The fraction of sp³-hybridized carbons (Fsp3) is 0.923. The summed E-state index contributed by atoms with van der Waals surface area (Å²) < 4.78 is 0. The Balaban J connectivity index is 0.00000324. The Bertz CT molecular complexity index is 766. The molecule has 4 aliphatic rings. The van der Waals surface area contributed by atoms with Crippen LogP contribution >= 0.6 is 0 Å². The number of fused-ring (bicyclic) bond motifs is 5. The van der Waals surface area contributed by atoms with Crippen LogP contribution in [0.15, 0.2) is 0 Å². The van der Waals surface area contributed by atoms with Gasteiger partial charge in [-0.1, -0.05) is 20.8 Å². The fourth-order valence-corrected chi connectivity index (χ4v) is 8.95. The van der Waals surface area contributed by atoms with Crippen molar-refractivity contribution in [1.29, 1.82) is 0 Å². The fourth-order valence-electron chi connectivity index (χ4n) is 8.95. The van der Waals surface area contributed by atoms with E-state index in [2.05, 4.69) is 26.1 Å². The summed E-state index contributed by atoms with van der Waals surface area (Å²) in [6, 6.07) is 0. The Morgan fingerprint density at radius 1 is 1.03 bits per heavy atom. The predicted octanol–water partition coefficient (Wildman–Crippen LogP) is 2.18. The molecule has 7 nitrogen and oxygen atoms in total. The number of hydrogen-bond donors (Lipinski definition) is 5. The number of aliphatic hydroxyl groups excluding tert-OH is 3. The van der Waals surface area contributed by atoms with Crippen LogP contribution in [-0.4, -0.2) is 86.7 Å². The second-order valence-electron chi connectivity index (χ2n) is 12.2. The number of nitrogens with one attached hydrogen (secondary N) is 1. The summed E-state index contributed by atoms with van der Waals surface area (Å²) in [6.07, 6.45) is 5.86. The molecule has 34 heavy (non-hydrogen) atoms. The van der Waals surface area contributed by atoms with Gasteiger partial charge in [0.25, 0.3) is 0 Å². The van der Waals surface area contributed by atoms with Gasteiger partial charge in [-0.3, -0.25) is 9.59 Å². The molecule has 189 valence electrons. The van der Waals surface area contributed by atoms with Crippen molar-refractivity contribution in [1.82, 2.24) is 5.32 Å². The number of rotatable bonds is 6. The van der Waals surface area contributed by atoms with Crippen molar-refractivity contribution in [2.24, 2.45) is 46.3 Å². The van der Waals surface area contributed by atoms with Crippen LogP contribution in [0.25, 0.3) is 0 Å². The molecule has 5 N–H and O–H groups in total. The van der Waals surface area contributed by atoms with E-state index < -0.39 is 12.1 Å². The molecule has 7 unspecified atom stereocenters. The second-order valence-corrected chi connectivity index (χ2v) is 12.2. The molecule has 0 spiro atoms. The molecule has 4 saturated carbocycles. The van der Waals surface area contributed by atoms with Crippen LogP contribution in [0.4, 0.5) is 0 Å². The van der Waals surface area contributed by atoms with Crippen LogP contribution in [0.3, 0.4) is 0 Å². The average molecular weight is 489 g/mol. The smallest absolute Gasteiger partial charge is 0.322 e. The van der Waals surface area contributed by atoms with E-state index in [1.807, 2.05) is 0 Å². The van der Waals surface area contributed by atoms with Crippen molar-refractivity contribution >= 4 is 41.4 Å². The predicted molar refractivity (Wildman–Crippen MR) is 129 cm³/mol. The van der Waals surface area contributed by atoms with E-state index in [4.69, 9.17) is 5.11 Å². The number of carbonyl (C=O) groups excluding carboxylic acids is 1. The molecular weight excluding hydrogens is 445 g/mol. The zero-order chi connectivity index (χ0) is 24.1. The van der Waals surface area contributed by atoms with Gasteiger partial charge in [0.05, 0.1) is 18.3 Å². The van der Waals surface area contributed by atoms with Crippen LogP contribution in [-0.2, 0) is 9.59 Å². The summed E-state index contributed by atoms with van der Waals surface area (Å²) in [7, 11) is 0. The van der Waals surface area contributed by atoms with Crippen molar-refractivity contribution in [2.75, 3.05) is 6.54 Å². The number of carboxylic acid groups (broad SMARTS) is 1. The molecule has 0 aromatic rings. The van der Waals surface area contributed by atoms with Gasteiger partial charge in [-0.25, -0.2) is 0 Å². The minimum absolute atomic E-state index is 0. The largest absolute Gasteiger partial charge is 0.480 e. The van der Waals surface area contributed by atoms with Crippen molar-refractivity contribution in [3.63, 3.8) is 0 Å². The van der Waals surface area contributed by atoms with Gasteiger partial charge in [-0.15, -0.1) is 0 Å². The quantitative estimate of drug-likeness (QED) is 0.365. The van der Waals surface area contributed by atoms with E-state index in [9.17, 15) is 24.9 Å². The van der Waals surface area contributed by atoms with Gasteiger partial charge in [0.2, 0.25) is 5.91 Å².